The van der Waals surface area contributed by atoms with E-state index < -0.39 is 41.6 Å². The van der Waals surface area contributed by atoms with Crippen LogP contribution in [0.15, 0.2) is 51.7 Å². The highest BCUT2D eigenvalue weighted by Crippen LogP contribution is 2.23. The zero-order valence-corrected chi connectivity index (χ0v) is 16.7. The Labute approximate surface area is 175 Å². The summed E-state index contributed by atoms with van der Waals surface area (Å²) in [5, 5.41) is 3.03. The molecule has 0 aliphatic carbocycles. The highest BCUT2D eigenvalue weighted by atomic mass is 19.1. The molecule has 1 amide bonds. The Kier molecular flexibility index (Phi) is 6.64. The predicted molar refractivity (Wildman–Crippen MR) is 107 cm³/mol. The maximum Gasteiger partial charge on any atom is 0.336 e. The number of amides is 1. The molecule has 0 saturated heterocycles. The molecule has 0 spiro atoms. The van der Waals surface area contributed by atoms with Crippen LogP contribution in [0.3, 0.4) is 0 Å². The van der Waals surface area contributed by atoms with Crippen LogP contribution in [0.2, 0.25) is 0 Å². The van der Waals surface area contributed by atoms with Crippen LogP contribution >= 0.6 is 0 Å². The number of fused-ring (bicyclic) bond motifs is 1. The fraction of sp³-hybridized carbons (Fsp3) is 0.227. The van der Waals surface area contributed by atoms with E-state index in [-0.39, 0.29) is 17.6 Å². The number of rotatable bonds is 7. The standard InChI is InChI=1S/C22H19F2NO6/c1-29-15-5-6-16-13(9-21(27)31-19(16)11-15)7-18(22(28)30-2)25-20(26)8-12-3-4-14(23)10-17(12)24/h3-6,9-11,18H,7-8H2,1-2H3,(H,25,26)/t18-/m1/s1. The number of halogens is 2. The highest BCUT2D eigenvalue weighted by molar-refractivity contribution is 5.87. The number of benzene rings is 2. The van der Waals surface area contributed by atoms with Crippen LogP contribution in [0, 0.1) is 11.6 Å². The van der Waals surface area contributed by atoms with E-state index in [1.165, 1.54) is 19.2 Å². The Bertz CT molecular complexity index is 1190. The van der Waals surface area contributed by atoms with Gasteiger partial charge in [-0.15, -0.1) is 0 Å². The number of methoxy groups -OCH3 is 2. The van der Waals surface area contributed by atoms with Gasteiger partial charge in [0.05, 0.1) is 20.6 Å². The Hall–Kier alpha value is -3.75. The summed E-state index contributed by atoms with van der Waals surface area (Å²) in [7, 11) is 2.62. The van der Waals surface area contributed by atoms with Crippen LogP contribution in [0.25, 0.3) is 11.0 Å². The summed E-state index contributed by atoms with van der Waals surface area (Å²) in [6, 6.07) is 7.79. The second-order valence-electron chi connectivity index (χ2n) is 6.71. The minimum atomic E-state index is -1.15. The number of ether oxygens (including phenoxy) is 2. The number of nitrogens with one attached hydrogen (secondary N) is 1. The zero-order chi connectivity index (χ0) is 22.5. The molecule has 1 heterocycles. The second-order valence-corrected chi connectivity index (χ2v) is 6.71. The molecule has 0 fully saturated rings. The molecule has 0 saturated carbocycles. The minimum Gasteiger partial charge on any atom is -0.497 e. The first-order valence-electron chi connectivity index (χ1n) is 9.22. The van der Waals surface area contributed by atoms with Gasteiger partial charge in [-0.2, -0.15) is 0 Å². The second kappa shape index (κ2) is 9.38. The lowest BCUT2D eigenvalue weighted by Gasteiger charge is -2.17. The minimum absolute atomic E-state index is 0.0274. The maximum absolute atomic E-state index is 13.8. The molecule has 1 atom stereocenters. The molecule has 162 valence electrons. The normalized spacial score (nSPS) is 11.7. The molecule has 7 nitrogen and oxygen atoms in total. The molecule has 0 unspecified atom stereocenters. The van der Waals surface area contributed by atoms with Gasteiger partial charge in [0, 0.05) is 30.0 Å². The van der Waals surface area contributed by atoms with E-state index in [2.05, 4.69) is 5.32 Å². The van der Waals surface area contributed by atoms with Gasteiger partial charge in [-0.1, -0.05) is 6.07 Å². The summed E-state index contributed by atoms with van der Waals surface area (Å²) in [4.78, 5) is 36.6. The average molecular weight is 431 g/mol. The molecule has 0 aliphatic rings. The van der Waals surface area contributed by atoms with Gasteiger partial charge < -0.3 is 19.2 Å². The first-order chi connectivity index (χ1) is 14.8. The van der Waals surface area contributed by atoms with E-state index in [0.717, 1.165) is 19.2 Å². The Balaban J connectivity index is 1.86. The fourth-order valence-corrected chi connectivity index (χ4v) is 3.14. The van der Waals surface area contributed by atoms with Gasteiger partial charge in [-0.3, -0.25) is 4.79 Å². The summed E-state index contributed by atoms with van der Waals surface area (Å²) in [5.74, 6) is -2.57. The molecule has 0 bridgehead atoms. The lowest BCUT2D eigenvalue weighted by molar-refractivity contribution is -0.145. The van der Waals surface area contributed by atoms with Crippen molar-refractivity contribution in [2.75, 3.05) is 14.2 Å². The van der Waals surface area contributed by atoms with Crippen LogP contribution in [-0.4, -0.2) is 32.1 Å². The zero-order valence-electron chi connectivity index (χ0n) is 16.7. The fourth-order valence-electron chi connectivity index (χ4n) is 3.14. The van der Waals surface area contributed by atoms with Gasteiger partial charge in [-0.25, -0.2) is 18.4 Å². The van der Waals surface area contributed by atoms with Crippen LogP contribution in [0.4, 0.5) is 8.78 Å². The lowest BCUT2D eigenvalue weighted by atomic mass is 10.0. The topological polar surface area (TPSA) is 94.8 Å². The predicted octanol–water partition coefficient (Wildman–Crippen LogP) is 2.52. The van der Waals surface area contributed by atoms with Crippen LogP contribution in [0.5, 0.6) is 5.75 Å². The van der Waals surface area contributed by atoms with Crippen molar-refractivity contribution in [2.45, 2.75) is 18.9 Å². The third-order valence-electron chi connectivity index (χ3n) is 4.65. The lowest BCUT2D eigenvalue weighted by Crippen LogP contribution is -2.43. The van der Waals surface area contributed by atoms with Gasteiger partial charge in [0.25, 0.3) is 0 Å². The largest absolute Gasteiger partial charge is 0.497 e. The van der Waals surface area contributed by atoms with E-state index in [4.69, 9.17) is 13.9 Å². The summed E-state index contributed by atoms with van der Waals surface area (Å²) >= 11 is 0. The monoisotopic (exact) mass is 431 g/mol. The SMILES string of the molecule is COC(=O)[C@@H](Cc1cc(=O)oc2cc(OC)ccc12)NC(=O)Cc1ccc(F)cc1F. The van der Waals surface area contributed by atoms with Gasteiger partial charge >= 0.3 is 11.6 Å². The van der Waals surface area contributed by atoms with Crippen molar-refractivity contribution in [1.82, 2.24) is 5.32 Å². The van der Waals surface area contributed by atoms with E-state index in [1.807, 2.05) is 0 Å². The first kappa shape index (κ1) is 21.9. The van der Waals surface area contributed by atoms with Gasteiger partial charge in [0.15, 0.2) is 0 Å². The molecule has 2 aromatic carbocycles. The van der Waals surface area contributed by atoms with E-state index in [0.29, 0.717) is 22.8 Å². The summed E-state index contributed by atoms with van der Waals surface area (Å²) in [6.07, 6.45) is -0.479. The average Bonchev–Trinajstić information content (AvgIpc) is 2.74. The van der Waals surface area contributed by atoms with Gasteiger partial charge in [-0.05, 0) is 29.3 Å². The molecule has 31 heavy (non-hydrogen) atoms. The van der Waals surface area contributed by atoms with Crippen molar-refractivity contribution >= 4 is 22.8 Å². The molecule has 3 rings (SSSR count). The third kappa shape index (κ3) is 5.25. The molecule has 3 aromatic rings. The molecule has 0 aliphatic heterocycles. The van der Waals surface area contributed by atoms with Crippen molar-refractivity contribution in [3.05, 3.63) is 75.6 Å². The van der Waals surface area contributed by atoms with Crippen molar-refractivity contribution in [3.8, 4) is 5.75 Å². The number of carbonyl (C=O) groups is 2. The van der Waals surface area contributed by atoms with Crippen LogP contribution < -0.4 is 15.7 Å². The van der Waals surface area contributed by atoms with E-state index in [1.54, 1.807) is 12.1 Å². The third-order valence-corrected chi connectivity index (χ3v) is 4.65. The Morgan fingerprint density at radius 3 is 2.52 bits per heavy atom. The quantitative estimate of drug-likeness (QED) is 0.456. The smallest absolute Gasteiger partial charge is 0.336 e. The number of hydrogen-bond donors (Lipinski definition) is 1. The molecule has 1 aromatic heterocycles. The van der Waals surface area contributed by atoms with Gasteiger partial charge in [0.1, 0.15) is 29.0 Å². The first-order valence-corrected chi connectivity index (χ1v) is 9.22. The number of hydrogen-bond acceptors (Lipinski definition) is 6. The van der Waals surface area contributed by atoms with Crippen molar-refractivity contribution in [1.29, 1.82) is 0 Å². The molecule has 1 N–H and O–H groups in total. The summed E-state index contributed by atoms with van der Waals surface area (Å²) in [6.45, 7) is 0. The molecular weight excluding hydrogens is 412 g/mol. The van der Waals surface area contributed by atoms with E-state index in [9.17, 15) is 23.2 Å². The Morgan fingerprint density at radius 1 is 1.06 bits per heavy atom. The molecule has 0 radical (unpaired) electrons. The summed E-state index contributed by atoms with van der Waals surface area (Å²) in [5.41, 5.74) is 0.0298. The Morgan fingerprint density at radius 2 is 1.84 bits per heavy atom. The van der Waals surface area contributed by atoms with Crippen molar-refractivity contribution in [2.24, 2.45) is 0 Å². The molecule has 9 heteroatoms. The highest BCUT2D eigenvalue weighted by Gasteiger charge is 2.24. The number of carbonyl (C=O) groups excluding carboxylic acids is 2. The van der Waals surface area contributed by atoms with Crippen LogP contribution in [0.1, 0.15) is 11.1 Å². The maximum atomic E-state index is 13.8. The summed E-state index contributed by atoms with van der Waals surface area (Å²) < 4.78 is 41.9. The van der Waals surface area contributed by atoms with Crippen molar-refractivity contribution < 1.29 is 32.3 Å². The van der Waals surface area contributed by atoms with E-state index >= 15 is 0 Å². The van der Waals surface area contributed by atoms with Crippen LogP contribution in [-0.2, 0) is 27.2 Å². The van der Waals surface area contributed by atoms with Crippen molar-refractivity contribution in [3.63, 3.8) is 0 Å². The van der Waals surface area contributed by atoms with Gasteiger partial charge in [0.2, 0.25) is 5.91 Å². The number of esters is 1. The molecular formula is C22H19F2NO6.